The van der Waals surface area contributed by atoms with Gasteiger partial charge in [-0.05, 0) is 24.6 Å². The summed E-state index contributed by atoms with van der Waals surface area (Å²) in [6.45, 7) is 5.88. The highest BCUT2D eigenvalue weighted by Gasteiger charge is 2.24. The molecule has 1 heterocycles. The zero-order valence-corrected chi connectivity index (χ0v) is 12.9. The molecule has 1 aromatic rings. The van der Waals surface area contributed by atoms with Crippen molar-refractivity contribution < 1.29 is 4.79 Å². The van der Waals surface area contributed by atoms with E-state index >= 15 is 0 Å². The van der Waals surface area contributed by atoms with E-state index < -0.39 is 0 Å². The zero-order valence-electron chi connectivity index (χ0n) is 12.2. The van der Waals surface area contributed by atoms with E-state index in [2.05, 4.69) is 23.2 Å². The van der Waals surface area contributed by atoms with Gasteiger partial charge in [-0.1, -0.05) is 30.7 Å². The zero-order chi connectivity index (χ0) is 14.5. The summed E-state index contributed by atoms with van der Waals surface area (Å²) in [5.74, 6) is 0.142. The molecule has 0 radical (unpaired) electrons. The van der Waals surface area contributed by atoms with Crippen LogP contribution in [0.2, 0.25) is 5.02 Å². The Hall–Kier alpha value is -1.26. The number of halogens is 1. The van der Waals surface area contributed by atoms with Crippen molar-refractivity contribution in [2.24, 2.45) is 0 Å². The third-order valence-corrected chi connectivity index (χ3v) is 3.89. The van der Waals surface area contributed by atoms with Gasteiger partial charge in [0.05, 0.1) is 17.3 Å². The summed E-state index contributed by atoms with van der Waals surface area (Å²) in [5.41, 5.74) is 2.16. The lowest BCUT2D eigenvalue weighted by Crippen LogP contribution is -2.49. The number of likely N-dealkylation sites (N-methyl/N-ethyl adjacent to an activating group) is 1. The number of amides is 1. The smallest absolute Gasteiger partial charge is 0.241 e. The third-order valence-electron chi connectivity index (χ3n) is 3.59. The summed E-state index contributed by atoms with van der Waals surface area (Å²) < 4.78 is 0. The molecule has 1 saturated heterocycles. The summed E-state index contributed by atoms with van der Waals surface area (Å²) in [6.07, 6.45) is 1.10. The van der Waals surface area contributed by atoms with Gasteiger partial charge < -0.3 is 15.1 Å². The molecule has 1 aromatic carbocycles. The Morgan fingerprint density at radius 2 is 2.15 bits per heavy atom. The van der Waals surface area contributed by atoms with Crippen molar-refractivity contribution in [3.63, 3.8) is 0 Å². The van der Waals surface area contributed by atoms with Crippen LogP contribution in [0.25, 0.3) is 0 Å². The van der Waals surface area contributed by atoms with Gasteiger partial charge in [0, 0.05) is 26.7 Å². The molecular weight excluding hydrogens is 274 g/mol. The van der Waals surface area contributed by atoms with Crippen molar-refractivity contribution in [2.45, 2.75) is 19.9 Å². The number of benzene rings is 1. The van der Waals surface area contributed by atoms with Crippen LogP contribution in [-0.4, -0.2) is 44.0 Å². The molecule has 2 rings (SSSR count). The average molecular weight is 296 g/mol. The fourth-order valence-corrected chi connectivity index (χ4v) is 2.72. The van der Waals surface area contributed by atoms with Gasteiger partial charge in [0.2, 0.25) is 5.91 Å². The first kappa shape index (κ1) is 15.1. The predicted octanol–water partition coefficient (Wildman–Crippen LogP) is 2.12. The second-order valence-electron chi connectivity index (χ2n) is 5.16. The van der Waals surface area contributed by atoms with Crippen LogP contribution in [0, 0.1) is 0 Å². The number of hydrogen-bond acceptors (Lipinski definition) is 3. The normalized spacial score (nSPS) is 15.8. The van der Waals surface area contributed by atoms with Crippen LogP contribution in [-0.2, 0) is 11.3 Å². The van der Waals surface area contributed by atoms with E-state index in [1.165, 1.54) is 0 Å². The number of piperazine rings is 1. The summed E-state index contributed by atoms with van der Waals surface area (Å²) in [5, 5.41) is 4.12. The van der Waals surface area contributed by atoms with Crippen molar-refractivity contribution in [1.29, 1.82) is 0 Å². The first-order chi connectivity index (χ1) is 9.63. The molecule has 1 aliphatic rings. The van der Waals surface area contributed by atoms with E-state index in [-0.39, 0.29) is 5.91 Å². The van der Waals surface area contributed by atoms with Gasteiger partial charge in [-0.2, -0.15) is 0 Å². The first-order valence-electron chi connectivity index (χ1n) is 7.10. The molecular formula is C15H22ClN3O. The average Bonchev–Trinajstić information content (AvgIpc) is 2.43. The van der Waals surface area contributed by atoms with E-state index in [1.807, 2.05) is 19.2 Å². The fraction of sp³-hybridized carbons (Fsp3) is 0.533. The van der Waals surface area contributed by atoms with E-state index in [4.69, 9.17) is 11.6 Å². The molecule has 110 valence electrons. The molecule has 1 amide bonds. The van der Waals surface area contributed by atoms with Gasteiger partial charge in [0.25, 0.3) is 0 Å². The predicted molar refractivity (Wildman–Crippen MR) is 83.3 cm³/mol. The van der Waals surface area contributed by atoms with Gasteiger partial charge in [0.15, 0.2) is 0 Å². The molecule has 0 aliphatic carbocycles. The van der Waals surface area contributed by atoms with Gasteiger partial charge >= 0.3 is 0 Å². The molecule has 1 aliphatic heterocycles. The lowest BCUT2D eigenvalue weighted by atomic mass is 10.1. The van der Waals surface area contributed by atoms with E-state index in [0.29, 0.717) is 6.54 Å². The molecule has 1 fully saturated rings. The number of para-hydroxylation sites is 1. The molecule has 0 unspecified atom stereocenters. The molecule has 4 nitrogen and oxygen atoms in total. The number of rotatable bonds is 5. The number of carbonyl (C=O) groups excluding carboxylic acids is 1. The Kier molecular flexibility index (Phi) is 5.26. The Labute approximate surface area is 125 Å². The second kappa shape index (κ2) is 6.95. The molecule has 5 heteroatoms. The van der Waals surface area contributed by atoms with Crippen LogP contribution in [0.4, 0.5) is 5.69 Å². The van der Waals surface area contributed by atoms with Gasteiger partial charge in [-0.15, -0.1) is 0 Å². The third kappa shape index (κ3) is 3.44. The van der Waals surface area contributed by atoms with Crippen LogP contribution in [0.1, 0.15) is 18.9 Å². The van der Waals surface area contributed by atoms with Crippen molar-refractivity contribution in [3.05, 3.63) is 28.8 Å². The standard InChI is InChI=1S/C15H22ClN3O/c1-3-7-17-10-12-5-4-6-13(16)15(12)19-9-8-18(2)14(20)11-19/h4-6,17H,3,7-11H2,1-2H3. The number of hydrogen-bond donors (Lipinski definition) is 1. The summed E-state index contributed by atoms with van der Waals surface area (Å²) in [6, 6.07) is 5.93. The van der Waals surface area contributed by atoms with Crippen molar-refractivity contribution >= 4 is 23.2 Å². The van der Waals surface area contributed by atoms with Gasteiger partial charge in [0.1, 0.15) is 0 Å². The van der Waals surface area contributed by atoms with Gasteiger partial charge in [-0.25, -0.2) is 0 Å². The van der Waals surface area contributed by atoms with Crippen LogP contribution >= 0.6 is 11.6 Å². The minimum absolute atomic E-state index is 0.142. The van der Waals surface area contributed by atoms with Crippen LogP contribution in [0.3, 0.4) is 0 Å². The van der Waals surface area contributed by atoms with Crippen LogP contribution in [0.5, 0.6) is 0 Å². The minimum atomic E-state index is 0.142. The monoisotopic (exact) mass is 295 g/mol. The Morgan fingerprint density at radius 3 is 2.85 bits per heavy atom. The maximum atomic E-state index is 11.9. The number of nitrogens with zero attached hydrogens (tertiary/aromatic N) is 2. The molecule has 0 bridgehead atoms. The van der Waals surface area contributed by atoms with E-state index in [0.717, 1.165) is 48.9 Å². The van der Waals surface area contributed by atoms with E-state index in [1.54, 1.807) is 4.90 Å². The lowest BCUT2D eigenvalue weighted by Gasteiger charge is -2.35. The molecule has 20 heavy (non-hydrogen) atoms. The highest BCUT2D eigenvalue weighted by atomic mass is 35.5. The topological polar surface area (TPSA) is 35.6 Å². The van der Waals surface area contributed by atoms with Crippen molar-refractivity contribution in [1.82, 2.24) is 10.2 Å². The maximum absolute atomic E-state index is 11.9. The Morgan fingerprint density at radius 1 is 1.35 bits per heavy atom. The molecule has 0 atom stereocenters. The lowest BCUT2D eigenvalue weighted by molar-refractivity contribution is -0.129. The number of carbonyl (C=O) groups is 1. The molecule has 0 spiro atoms. The summed E-state index contributed by atoms with van der Waals surface area (Å²) in [7, 11) is 1.84. The quantitative estimate of drug-likeness (QED) is 0.845. The SMILES string of the molecule is CCCNCc1cccc(Cl)c1N1CCN(C)C(=O)C1. The fourth-order valence-electron chi connectivity index (χ4n) is 2.41. The Balaban J connectivity index is 2.19. The first-order valence-corrected chi connectivity index (χ1v) is 7.48. The highest BCUT2D eigenvalue weighted by Crippen LogP contribution is 2.30. The van der Waals surface area contributed by atoms with Crippen molar-refractivity contribution in [3.8, 4) is 0 Å². The molecule has 0 saturated carbocycles. The molecule has 0 aromatic heterocycles. The number of nitrogens with one attached hydrogen (secondary N) is 1. The largest absolute Gasteiger partial charge is 0.359 e. The van der Waals surface area contributed by atoms with Crippen LogP contribution < -0.4 is 10.2 Å². The number of anilines is 1. The summed E-state index contributed by atoms with van der Waals surface area (Å²) in [4.78, 5) is 15.7. The summed E-state index contributed by atoms with van der Waals surface area (Å²) >= 11 is 6.37. The minimum Gasteiger partial charge on any atom is -0.359 e. The van der Waals surface area contributed by atoms with E-state index in [9.17, 15) is 4.79 Å². The maximum Gasteiger partial charge on any atom is 0.241 e. The highest BCUT2D eigenvalue weighted by molar-refractivity contribution is 6.33. The Bertz CT molecular complexity index is 478. The van der Waals surface area contributed by atoms with Crippen LogP contribution in [0.15, 0.2) is 18.2 Å². The van der Waals surface area contributed by atoms with Crippen molar-refractivity contribution in [2.75, 3.05) is 38.1 Å². The molecule has 1 N–H and O–H groups in total. The van der Waals surface area contributed by atoms with Gasteiger partial charge in [-0.3, -0.25) is 4.79 Å². The second-order valence-corrected chi connectivity index (χ2v) is 5.57.